The minimum absolute atomic E-state index is 0.0602. The van der Waals surface area contributed by atoms with Crippen LogP contribution in [0, 0.1) is 6.92 Å². The Morgan fingerprint density at radius 2 is 1.82 bits per heavy atom. The zero-order valence-corrected chi connectivity index (χ0v) is 23.8. The predicted molar refractivity (Wildman–Crippen MR) is 164 cm³/mol. The number of carbonyl (C=O) groups is 1. The van der Waals surface area contributed by atoms with Crippen molar-refractivity contribution in [2.24, 2.45) is 4.99 Å². The van der Waals surface area contributed by atoms with Crippen molar-refractivity contribution in [2.75, 3.05) is 13.2 Å². The van der Waals surface area contributed by atoms with Gasteiger partial charge >= 0.3 is 5.97 Å². The number of rotatable bonds is 9. The second-order valence-corrected chi connectivity index (χ2v) is 10.7. The van der Waals surface area contributed by atoms with Crippen LogP contribution in [-0.2, 0) is 16.1 Å². The fourth-order valence-electron chi connectivity index (χ4n) is 4.40. The van der Waals surface area contributed by atoms with Crippen LogP contribution in [0.25, 0.3) is 17.0 Å². The number of ether oxygens (including phenoxy) is 2. The second kappa shape index (κ2) is 12.5. The van der Waals surface area contributed by atoms with Gasteiger partial charge in [0.2, 0.25) is 0 Å². The summed E-state index contributed by atoms with van der Waals surface area (Å²) in [6.07, 6.45) is 4.79. The molecule has 0 bridgehead atoms. The molecule has 0 fully saturated rings. The van der Waals surface area contributed by atoms with Gasteiger partial charge < -0.3 is 19.1 Å². The van der Waals surface area contributed by atoms with Crippen LogP contribution in [0.1, 0.15) is 24.5 Å². The molecule has 0 aliphatic carbocycles. The van der Waals surface area contributed by atoms with Gasteiger partial charge in [-0.25, -0.2) is 9.79 Å². The number of aliphatic hydroxyl groups excluding tert-OH is 1. The lowest BCUT2D eigenvalue weighted by Crippen LogP contribution is -2.12. The SMILES string of the molecule is CCOC(=O)C1=C(O)/C(=C/c2cn(CCCOc3ccc(C)cc3)c3ccccc23)SC1=Nc1ccc(Cl)cc1. The zero-order chi connectivity index (χ0) is 28.1. The molecule has 204 valence electrons. The standard InChI is InChI=1S/C32H29ClN2O4S/c1-3-38-32(37)29-30(36)28(40-31(29)34-24-13-11-23(33)12-14-24)19-22-20-35(27-8-5-4-7-26(22)27)17-6-18-39-25-15-9-21(2)10-16-25/h4-5,7-16,19-20,36H,3,6,17-18H2,1-2H3/b28-19-,34-31?. The molecule has 6 nitrogen and oxygen atoms in total. The Bertz CT molecular complexity index is 1620. The van der Waals surface area contributed by atoms with Crippen LogP contribution in [0.4, 0.5) is 5.69 Å². The first-order chi connectivity index (χ1) is 19.4. The monoisotopic (exact) mass is 572 g/mol. The molecule has 8 heteroatoms. The molecule has 0 unspecified atom stereocenters. The topological polar surface area (TPSA) is 73.0 Å². The highest BCUT2D eigenvalue weighted by Crippen LogP contribution is 2.41. The first-order valence-electron chi connectivity index (χ1n) is 13.0. The highest BCUT2D eigenvalue weighted by Gasteiger charge is 2.33. The summed E-state index contributed by atoms with van der Waals surface area (Å²) in [5.41, 5.74) is 3.89. The van der Waals surface area contributed by atoms with E-state index in [2.05, 4.69) is 34.8 Å². The van der Waals surface area contributed by atoms with Crippen LogP contribution in [0.15, 0.2) is 100 Å². The molecule has 5 rings (SSSR count). The second-order valence-electron chi connectivity index (χ2n) is 9.26. The molecule has 0 saturated carbocycles. The molecule has 0 saturated heterocycles. The lowest BCUT2D eigenvalue weighted by atomic mass is 10.1. The first kappa shape index (κ1) is 27.6. The third-order valence-corrected chi connectivity index (χ3v) is 7.64. The maximum absolute atomic E-state index is 12.8. The quantitative estimate of drug-likeness (QED) is 0.161. The number of aromatic nitrogens is 1. The summed E-state index contributed by atoms with van der Waals surface area (Å²) in [4.78, 5) is 17.9. The number of aliphatic imine (C=N–C) groups is 1. The Balaban J connectivity index is 1.41. The Hall–Kier alpha value is -3.94. The first-order valence-corrected chi connectivity index (χ1v) is 14.2. The summed E-state index contributed by atoms with van der Waals surface area (Å²) in [6, 6.07) is 23.1. The maximum atomic E-state index is 12.8. The van der Waals surface area contributed by atoms with Gasteiger partial charge in [-0.2, -0.15) is 0 Å². The lowest BCUT2D eigenvalue weighted by Gasteiger charge is -2.08. The molecule has 2 heterocycles. The van der Waals surface area contributed by atoms with Crippen molar-refractivity contribution in [3.63, 3.8) is 0 Å². The van der Waals surface area contributed by atoms with E-state index in [4.69, 9.17) is 21.1 Å². The van der Waals surface area contributed by atoms with Gasteiger partial charge in [0.05, 0.1) is 23.8 Å². The highest BCUT2D eigenvalue weighted by atomic mass is 35.5. The van der Waals surface area contributed by atoms with Crippen molar-refractivity contribution in [1.29, 1.82) is 0 Å². The fourth-order valence-corrected chi connectivity index (χ4v) is 5.55. The summed E-state index contributed by atoms with van der Waals surface area (Å²) in [5, 5.41) is 13.2. The molecule has 1 aliphatic heterocycles. The Morgan fingerprint density at radius 1 is 1.07 bits per heavy atom. The van der Waals surface area contributed by atoms with Crippen LogP contribution in [0.5, 0.6) is 5.75 Å². The average Bonchev–Trinajstić information content (AvgIpc) is 3.45. The van der Waals surface area contributed by atoms with Gasteiger partial charge in [0.15, 0.2) is 0 Å². The van der Waals surface area contributed by atoms with E-state index in [-0.39, 0.29) is 17.9 Å². The molecular formula is C32H29ClN2O4S. The number of fused-ring (bicyclic) bond motifs is 1. The van der Waals surface area contributed by atoms with E-state index in [1.165, 1.54) is 17.3 Å². The number of aliphatic hydroxyl groups is 1. The van der Waals surface area contributed by atoms with Crippen molar-refractivity contribution < 1.29 is 19.4 Å². The molecule has 0 amide bonds. The van der Waals surface area contributed by atoms with Crippen LogP contribution < -0.4 is 4.74 Å². The number of aryl methyl sites for hydroxylation is 2. The van der Waals surface area contributed by atoms with Crippen molar-refractivity contribution in [1.82, 2.24) is 4.57 Å². The van der Waals surface area contributed by atoms with E-state index in [0.29, 0.717) is 27.3 Å². The summed E-state index contributed by atoms with van der Waals surface area (Å²) in [5.74, 6) is 0.112. The van der Waals surface area contributed by atoms with Gasteiger partial charge in [0.25, 0.3) is 0 Å². The summed E-state index contributed by atoms with van der Waals surface area (Å²) in [6.45, 7) is 5.33. The van der Waals surface area contributed by atoms with E-state index < -0.39 is 5.97 Å². The average molecular weight is 573 g/mol. The number of benzene rings is 3. The minimum atomic E-state index is -0.611. The van der Waals surface area contributed by atoms with E-state index in [0.717, 1.165) is 35.2 Å². The lowest BCUT2D eigenvalue weighted by molar-refractivity contribution is -0.138. The van der Waals surface area contributed by atoms with Gasteiger partial charge in [0.1, 0.15) is 22.1 Å². The predicted octanol–water partition coefficient (Wildman–Crippen LogP) is 8.27. The highest BCUT2D eigenvalue weighted by molar-refractivity contribution is 8.18. The number of thioether (sulfide) groups is 1. The molecule has 0 radical (unpaired) electrons. The van der Waals surface area contributed by atoms with Gasteiger partial charge in [0, 0.05) is 34.2 Å². The number of para-hydroxylation sites is 1. The summed E-state index contributed by atoms with van der Waals surface area (Å²) < 4.78 is 13.3. The van der Waals surface area contributed by atoms with Crippen molar-refractivity contribution >= 4 is 57.0 Å². The normalized spacial score (nSPS) is 15.4. The Morgan fingerprint density at radius 3 is 2.58 bits per heavy atom. The van der Waals surface area contributed by atoms with E-state index in [9.17, 15) is 9.90 Å². The molecule has 0 atom stereocenters. The van der Waals surface area contributed by atoms with Crippen LogP contribution >= 0.6 is 23.4 Å². The van der Waals surface area contributed by atoms with Gasteiger partial charge in [-0.05, 0) is 68.8 Å². The number of nitrogens with zero attached hydrogens (tertiary/aromatic N) is 2. The van der Waals surface area contributed by atoms with E-state index in [1.807, 2.05) is 42.5 Å². The van der Waals surface area contributed by atoms with Gasteiger partial charge in [-0.15, -0.1) is 0 Å². The molecule has 40 heavy (non-hydrogen) atoms. The van der Waals surface area contributed by atoms with Crippen LogP contribution in [0.2, 0.25) is 5.02 Å². The molecular weight excluding hydrogens is 544 g/mol. The molecule has 4 aromatic rings. The third kappa shape index (κ3) is 6.27. The largest absolute Gasteiger partial charge is 0.506 e. The molecule has 0 spiro atoms. The molecule has 1 N–H and O–H groups in total. The Kier molecular flexibility index (Phi) is 8.63. The van der Waals surface area contributed by atoms with E-state index in [1.54, 1.807) is 31.2 Å². The number of hydrogen-bond donors (Lipinski definition) is 1. The number of carbonyl (C=O) groups excluding carboxylic acids is 1. The minimum Gasteiger partial charge on any atom is -0.506 e. The van der Waals surface area contributed by atoms with Gasteiger partial charge in [-0.3, -0.25) is 0 Å². The number of halogens is 1. The fraction of sp³-hybridized carbons (Fsp3) is 0.188. The van der Waals surface area contributed by atoms with Gasteiger partial charge in [-0.1, -0.05) is 59.3 Å². The number of esters is 1. The molecule has 1 aromatic heterocycles. The van der Waals surface area contributed by atoms with Crippen LogP contribution in [0.3, 0.4) is 0 Å². The maximum Gasteiger partial charge on any atom is 0.344 e. The molecule has 1 aliphatic rings. The van der Waals surface area contributed by atoms with E-state index >= 15 is 0 Å². The smallest absolute Gasteiger partial charge is 0.344 e. The van der Waals surface area contributed by atoms with Crippen molar-refractivity contribution in [3.8, 4) is 5.75 Å². The number of hydrogen-bond acceptors (Lipinski definition) is 6. The van der Waals surface area contributed by atoms with Crippen molar-refractivity contribution in [3.05, 3.63) is 111 Å². The summed E-state index contributed by atoms with van der Waals surface area (Å²) in [7, 11) is 0. The molecule has 3 aromatic carbocycles. The Labute approximate surface area is 242 Å². The van der Waals surface area contributed by atoms with Crippen LogP contribution in [-0.4, -0.2) is 33.9 Å². The summed E-state index contributed by atoms with van der Waals surface area (Å²) >= 11 is 7.25. The zero-order valence-electron chi connectivity index (χ0n) is 22.3. The third-order valence-electron chi connectivity index (χ3n) is 6.37. The van der Waals surface area contributed by atoms with Crippen molar-refractivity contribution in [2.45, 2.75) is 26.8 Å².